The molecule has 1 N–H and O–H groups in total. The van der Waals surface area contributed by atoms with Crippen molar-refractivity contribution >= 4 is 23.8 Å². The van der Waals surface area contributed by atoms with Crippen LogP contribution < -0.4 is 0 Å². The van der Waals surface area contributed by atoms with Gasteiger partial charge in [0.25, 0.3) is 0 Å². The Morgan fingerprint density at radius 1 is 1.56 bits per heavy atom. The van der Waals surface area contributed by atoms with Crippen molar-refractivity contribution in [3.63, 3.8) is 0 Å². The first-order chi connectivity index (χ1) is 8.34. The van der Waals surface area contributed by atoms with E-state index >= 15 is 0 Å². The summed E-state index contributed by atoms with van der Waals surface area (Å²) < 4.78 is 43.1. The molecule has 0 fully saturated rings. The van der Waals surface area contributed by atoms with E-state index in [2.05, 4.69) is 14.8 Å². The summed E-state index contributed by atoms with van der Waals surface area (Å²) in [6.45, 7) is 0. The van der Waals surface area contributed by atoms with Crippen molar-refractivity contribution in [3.8, 4) is 0 Å². The predicted octanol–water partition coefficient (Wildman–Crippen LogP) is 2.20. The van der Waals surface area contributed by atoms with Crippen LogP contribution in [0.5, 0.6) is 0 Å². The average molecular weight is 277 g/mol. The summed E-state index contributed by atoms with van der Waals surface area (Å²) in [7, 11) is 1.12. The van der Waals surface area contributed by atoms with Gasteiger partial charge in [0, 0.05) is 12.3 Å². The number of carbonyl (C=O) groups is 1. The average Bonchev–Trinajstić information content (AvgIpc) is 2.71. The molecule has 2 heterocycles. The van der Waals surface area contributed by atoms with Gasteiger partial charge in [-0.1, -0.05) is 12.2 Å². The van der Waals surface area contributed by atoms with E-state index in [1.54, 1.807) is 0 Å². The monoisotopic (exact) mass is 277 g/mol. The lowest BCUT2D eigenvalue weighted by Gasteiger charge is -2.06. The van der Waals surface area contributed by atoms with Crippen LogP contribution in [0.4, 0.5) is 13.2 Å². The second-order valence-electron chi connectivity index (χ2n) is 3.32. The van der Waals surface area contributed by atoms with Gasteiger partial charge in [-0.25, -0.2) is 14.3 Å². The molecule has 0 aliphatic carbocycles. The number of nitrogens with one attached hydrogen (secondary N) is 1. The third-order valence-corrected chi connectivity index (χ3v) is 2.49. The summed E-state index contributed by atoms with van der Waals surface area (Å²) in [5.74, 6) is -0.796. The number of aromatic amines is 1. The molecule has 0 aliphatic rings. The molecule has 5 nitrogen and oxygen atoms in total. The molecule has 2 aromatic heterocycles. The number of hydrogen-bond acceptors (Lipinski definition) is 4. The van der Waals surface area contributed by atoms with Crippen molar-refractivity contribution in [2.45, 2.75) is 6.18 Å². The number of halogens is 3. The molecule has 0 aromatic carbocycles. The maximum atomic E-state index is 12.6. The Labute approximate surface area is 103 Å². The van der Waals surface area contributed by atoms with Crippen molar-refractivity contribution in [3.05, 3.63) is 28.2 Å². The Balaban J connectivity index is 2.77. The number of aromatic nitrogens is 3. The van der Waals surface area contributed by atoms with Gasteiger partial charge in [-0.05, 0) is 0 Å². The molecule has 0 radical (unpaired) electrons. The summed E-state index contributed by atoms with van der Waals surface area (Å²) in [5.41, 5.74) is -1.49. The van der Waals surface area contributed by atoms with Crippen molar-refractivity contribution in [1.29, 1.82) is 0 Å². The van der Waals surface area contributed by atoms with Gasteiger partial charge in [0.2, 0.25) is 0 Å². The van der Waals surface area contributed by atoms with Crippen LogP contribution in [0.15, 0.2) is 12.3 Å². The Hall–Kier alpha value is -1.90. The minimum atomic E-state index is -4.63. The quantitative estimate of drug-likeness (QED) is 0.641. The van der Waals surface area contributed by atoms with Crippen LogP contribution in [-0.4, -0.2) is 27.7 Å². The van der Waals surface area contributed by atoms with Gasteiger partial charge in [0.15, 0.2) is 5.65 Å². The number of alkyl halides is 3. The number of ether oxygens (including phenoxy) is 1. The minimum absolute atomic E-state index is 0.116. The molecule has 2 aromatic rings. The zero-order valence-corrected chi connectivity index (χ0v) is 9.72. The Bertz CT molecular complexity index is 674. The number of esters is 1. The first-order valence-electron chi connectivity index (χ1n) is 4.61. The molecule has 0 bridgehead atoms. The Morgan fingerprint density at radius 2 is 2.22 bits per heavy atom. The predicted molar refractivity (Wildman–Crippen MR) is 56.7 cm³/mol. The van der Waals surface area contributed by atoms with E-state index in [1.807, 2.05) is 0 Å². The molecule has 0 amide bonds. The molecule has 9 heteroatoms. The highest BCUT2D eigenvalue weighted by Gasteiger charge is 2.33. The second kappa shape index (κ2) is 4.09. The normalized spacial score (nSPS) is 11.8. The van der Waals surface area contributed by atoms with Crippen LogP contribution in [0.2, 0.25) is 0 Å². The number of fused-ring (bicyclic) bond motifs is 1. The molecule has 0 aliphatic heterocycles. The van der Waals surface area contributed by atoms with Crippen molar-refractivity contribution in [2.75, 3.05) is 7.11 Å². The SMILES string of the molecule is COC(=O)c1c[nH]n2c(=S)cc(C(F)(F)F)nc12. The lowest BCUT2D eigenvalue weighted by atomic mass is 10.3. The van der Waals surface area contributed by atoms with Gasteiger partial charge in [0.05, 0.1) is 7.11 Å². The number of H-pyrrole nitrogens is 1. The van der Waals surface area contributed by atoms with Crippen LogP contribution >= 0.6 is 12.2 Å². The molecule has 0 saturated carbocycles. The standard InChI is InChI=1S/C9H6F3N3O2S/c1-17-8(16)4-3-13-15-6(18)2-5(9(10,11)12)14-7(4)15/h2-3,13H,1H3. The zero-order chi connectivity index (χ0) is 13.5. The smallest absolute Gasteiger partial charge is 0.433 e. The van der Waals surface area contributed by atoms with Crippen molar-refractivity contribution < 1.29 is 22.7 Å². The summed E-state index contributed by atoms with van der Waals surface area (Å²) in [4.78, 5) is 14.7. The highest BCUT2D eigenvalue weighted by atomic mass is 32.1. The maximum Gasteiger partial charge on any atom is 0.433 e. The second-order valence-corrected chi connectivity index (χ2v) is 3.73. The van der Waals surface area contributed by atoms with Gasteiger partial charge in [-0.3, -0.25) is 5.10 Å². The first kappa shape index (κ1) is 12.6. The summed E-state index contributed by atoms with van der Waals surface area (Å²) in [6, 6.07) is 0.708. The van der Waals surface area contributed by atoms with E-state index in [-0.39, 0.29) is 15.9 Å². The van der Waals surface area contributed by atoms with Gasteiger partial charge < -0.3 is 4.74 Å². The lowest BCUT2D eigenvalue weighted by molar-refractivity contribution is -0.141. The Morgan fingerprint density at radius 3 is 2.78 bits per heavy atom. The van der Waals surface area contributed by atoms with Gasteiger partial charge in [0.1, 0.15) is 15.9 Å². The first-order valence-corrected chi connectivity index (χ1v) is 5.02. The maximum absolute atomic E-state index is 12.6. The zero-order valence-electron chi connectivity index (χ0n) is 8.91. The fourth-order valence-electron chi connectivity index (χ4n) is 1.39. The molecule has 0 atom stereocenters. The molecular weight excluding hydrogens is 271 g/mol. The highest BCUT2D eigenvalue weighted by molar-refractivity contribution is 7.71. The van der Waals surface area contributed by atoms with Crippen LogP contribution in [0.3, 0.4) is 0 Å². The molecule has 0 unspecified atom stereocenters. The molecule has 96 valence electrons. The van der Waals surface area contributed by atoms with E-state index in [0.717, 1.165) is 11.6 Å². The molecular formula is C9H6F3N3O2S. The fourth-order valence-corrected chi connectivity index (χ4v) is 1.64. The van der Waals surface area contributed by atoms with E-state index in [4.69, 9.17) is 12.2 Å². The van der Waals surface area contributed by atoms with Gasteiger partial charge >= 0.3 is 12.1 Å². The fraction of sp³-hybridized carbons (Fsp3) is 0.222. The Kier molecular flexibility index (Phi) is 2.85. The number of methoxy groups -OCH3 is 1. The highest BCUT2D eigenvalue weighted by Crippen LogP contribution is 2.28. The van der Waals surface area contributed by atoms with E-state index in [9.17, 15) is 18.0 Å². The van der Waals surface area contributed by atoms with Gasteiger partial charge in [-0.2, -0.15) is 13.2 Å². The van der Waals surface area contributed by atoms with Crippen LogP contribution in [0.25, 0.3) is 5.65 Å². The number of carbonyl (C=O) groups excluding carboxylic acids is 1. The molecule has 18 heavy (non-hydrogen) atoms. The lowest BCUT2D eigenvalue weighted by Crippen LogP contribution is -2.11. The van der Waals surface area contributed by atoms with E-state index in [1.165, 1.54) is 6.20 Å². The molecule has 2 rings (SSSR count). The van der Waals surface area contributed by atoms with Crippen molar-refractivity contribution in [1.82, 2.24) is 14.6 Å². The number of nitrogens with zero attached hydrogens (tertiary/aromatic N) is 2. The summed E-state index contributed by atoms with van der Waals surface area (Å²) >= 11 is 4.79. The largest absolute Gasteiger partial charge is 0.465 e. The number of rotatable bonds is 1. The molecule has 0 saturated heterocycles. The van der Waals surface area contributed by atoms with Crippen LogP contribution in [0.1, 0.15) is 16.1 Å². The summed E-state index contributed by atoms with van der Waals surface area (Å²) in [5, 5.41) is 2.53. The van der Waals surface area contributed by atoms with Crippen LogP contribution in [-0.2, 0) is 10.9 Å². The summed E-state index contributed by atoms with van der Waals surface area (Å²) in [6.07, 6.45) is -3.45. The molecule has 0 spiro atoms. The third kappa shape index (κ3) is 1.96. The topological polar surface area (TPSA) is 59.4 Å². The van der Waals surface area contributed by atoms with Crippen LogP contribution in [0, 0.1) is 4.64 Å². The number of hydrogen-bond donors (Lipinski definition) is 1. The van der Waals surface area contributed by atoms with Crippen molar-refractivity contribution in [2.24, 2.45) is 0 Å². The van der Waals surface area contributed by atoms with Gasteiger partial charge in [-0.15, -0.1) is 0 Å². The minimum Gasteiger partial charge on any atom is -0.465 e. The van der Waals surface area contributed by atoms with E-state index in [0.29, 0.717) is 6.07 Å². The van der Waals surface area contributed by atoms with E-state index < -0.39 is 17.8 Å². The third-order valence-electron chi connectivity index (χ3n) is 2.19.